The van der Waals surface area contributed by atoms with Crippen LogP contribution in [0, 0.1) is 0 Å². The highest BCUT2D eigenvalue weighted by molar-refractivity contribution is 6.30. The zero-order valence-corrected chi connectivity index (χ0v) is 9.95. The summed E-state index contributed by atoms with van der Waals surface area (Å²) in [5.74, 6) is 5.26. The van der Waals surface area contributed by atoms with E-state index in [0.29, 0.717) is 5.15 Å². The molecule has 1 heterocycles. The summed E-state index contributed by atoms with van der Waals surface area (Å²) in [6.45, 7) is 3.70. The topological polar surface area (TPSA) is 48.1 Å². The second-order valence-corrected chi connectivity index (χ2v) is 4.51. The highest BCUT2D eigenvalue weighted by atomic mass is 35.5. The third-order valence-electron chi connectivity index (χ3n) is 2.62. The largest absolute Gasteiger partial charge is 0.294 e. The fraction of sp³-hybridized carbons (Fsp3) is 0.250. The van der Waals surface area contributed by atoms with Gasteiger partial charge in [-0.3, -0.25) is 4.84 Å². The van der Waals surface area contributed by atoms with Crippen LogP contribution < -0.4 is 5.90 Å². The van der Waals surface area contributed by atoms with Gasteiger partial charge in [-0.05, 0) is 26.0 Å². The molecule has 0 radical (unpaired) electrons. The van der Waals surface area contributed by atoms with E-state index in [0.717, 1.165) is 16.5 Å². The first-order chi connectivity index (χ1) is 7.54. The molecule has 3 nitrogen and oxygen atoms in total. The quantitative estimate of drug-likeness (QED) is 0.644. The van der Waals surface area contributed by atoms with E-state index in [4.69, 9.17) is 22.3 Å². The number of benzene rings is 1. The van der Waals surface area contributed by atoms with Crippen LogP contribution >= 0.6 is 11.6 Å². The summed E-state index contributed by atoms with van der Waals surface area (Å²) < 4.78 is 0. The molecule has 2 rings (SSSR count). The Labute approximate surface area is 99.1 Å². The van der Waals surface area contributed by atoms with E-state index in [1.807, 2.05) is 44.2 Å². The van der Waals surface area contributed by atoms with Crippen molar-refractivity contribution in [3.8, 4) is 0 Å². The SMILES string of the molecule is CC(C)(ON)c1cc2ccccc2nc1Cl. The molecule has 2 N–H and O–H groups in total. The van der Waals surface area contributed by atoms with Crippen molar-refractivity contribution in [1.29, 1.82) is 0 Å². The van der Waals surface area contributed by atoms with Gasteiger partial charge >= 0.3 is 0 Å². The van der Waals surface area contributed by atoms with Gasteiger partial charge < -0.3 is 0 Å². The van der Waals surface area contributed by atoms with Crippen molar-refractivity contribution < 1.29 is 4.84 Å². The Hall–Kier alpha value is -1.16. The molecule has 0 unspecified atom stereocenters. The standard InChI is InChI=1S/C12H13ClN2O/c1-12(2,16-14)9-7-8-5-3-4-6-10(8)15-11(9)13/h3-7H,14H2,1-2H3. The van der Waals surface area contributed by atoms with Crippen molar-refractivity contribution in [3.05, 3.63) is 41.0 Å². The molecule has 16 heavy (non-hydrogen) atoms. The number of fused-ring (bicyclic) bond motifs is 1. The van der Waals surface area contributed by atoms with Crippen LogP contribution in [0.5, 0.6) is 0 Å². The Balaban J connectivity index is 2.67. The zero-order chi connectivity index (χ0) is 11.8. The number of hydrogen-bond acceptors (Lipinski definition) is 3. The molecule has 0 amide bonds. The van der Waals surface area contributed by atoms with Gasteiger partial charge in [0, 0.05) is 10.9 Å². The second kappa shape index (κ2) is 4.01. The molecule has 0 fully saturated rings. The second-order valence-electron chi connectivity index (χ2n) is 4.15. The summed E-state index contributed by atoms with van der Waals surface area (Å²) in [5.41, 5.74) is 1.01. The number of rotatable bonds is 2. The van der Waals surface area contributed by atoms with Crippen LogP contribution in [-0.4, -0.2) is 4.98 Å². The summed E-state index contributed by atoms with van der Waals surface area (Å²) in [6.07, 6.45) is 0. The van der Waals surface area contributed by atoms with E-state index < -0.39 is 5.60 Å². The molecule has 0 spiro atoms. The maximum atomic E-state index is 6.12. The van der Waals surface area contributed by atoms with Crippen LogP contribution in [0.15, 0.2) is 30.3 Å². The zero-order valence-electron chi connectivity index (χ0n) is 9.20. The molecule has 0 aliphatic heterocycles. The van der Waals surface area contributed by atoms with Gasteiger partial charge in [-0.15, -0.1) is 0 Å². The third kappa shape index (κ3) is 1.89. The van der Waals surface area contributed by atoms with Gasteiger partial charge in [-0.2, -0.15) is 0 Å². The van der Waals surface area contributed by atoms with Gasteiger partial charge in [-0.25, -0.2) is 10.9 Å². The first-order valence-electron chi connectivity index (χ1n) is 4.98. The van der Waals surface area contributed by atoms with E-state index in [1.165, 1.54) is 0 Å². The number of nitrogens with two attached hydrogens (primary N) is 1. The third-order valence-corrected chi connectivity index (χ3v) is 2.91. The van der Waals surface area contributed by atoms with Gasteiger partial charge in [0.05, 0.1) is 5.52 Å². The average Bonchev–Trinajstić information content (AvgIpc) is 2.28. The lowest BCUT2D eigenvalue weighted by Gasteiger charge is -2.23. The predicted octanol–water partition coefficient (Wildman–Crippen LogP) is 3.01. The van der Waals surface area contributed by atoms with Crippen molar-refractivity contribution >= 4 is 22.5 Å². The van der Waals surface area contributed by atoms with Crippen LogP contribution in [0.3, 0.4) is 0 Å². The van der Waals surface area contributed by atoms with Crippen molar-refractivity contribution in [2.75, 3.05) is 0 Å². The average molecular weight is 237 g/mol. The lowest BCUT2D eigenvalue weighted by atomic mass is 9.98. The molecule has 1 aromatic heterocycles. The normalized spacial score (nSPS) is 12.0. The van der Waals surface area contributed by atoms with E-state index >= 15 is 0 Å². The fourth-order valence-corrected chi connectivity index (χ4v) is 1.95. The van der Waals surface area contributed by atoms with Gasteiger partial charge in [0.15, 0.2) is 0 Å². The van der Waals surface area contributed by atoms with E-state index in [1.54, 1.807) is 0 Å². The number of halogens is 1. The maximum Gasteiger partial charge on any atom is 0.135 e. The number of aromatic nitrogens is 1. The Morgan fingerprint density at radius 3 is 2.69 bits per heavy atom. The first-order valence-corrected chi connectivity index (χ1v) is 5.36. The Kier molecular flexibility index (Phi) is 2.84. The van der Waals surface area contributed by atoms with Gasteiger partial charge in [0.1, 0.15) is 10.8 Å². The molecule has 84 valence electrons. The van der Waals surface area contributed by atoms with Crippen molar-refractivity contribution in [2.45, 2.75) is 19.4 Å². The van der Waals surface area contributed by atoms with Crippen LogP contribution in [0.2, 0.25) is 5.15 Å². The molecular weight excluding hydrogens is 224 g/mol. The number of nitrogens with zero attached hydrogens (tertiary/aromatic N) is 1. The number of hydrogen-bond donors (Lipinski definition) is 1. The van der Waals surface area contributed by atoms with Gasteiger partial charge in [0.25, 0.3) is 0 Å². The van der Waals surface area contributed by atoms with E-state index in [-0.39, 0.29) is 0 Å². The van der Waals surface area contributed by atoms with Crippen molar-refractivity contribution in [2.24, 2.45) is 5.90 Å². The maximum absolute atomic E-state index is 6.12. The summed E-state index contributed by atoms with van der Waals surface area (Å²) in [7, 11) is 0. The minimum atomic E-state index is -0.645. The summed E-state index contributed by atoms with van der Waals surface area (Å²) in [6, 6.07) is 9.74. The van der Waals surface area contributed by atoms with Crippen LogP contribution in [0.4, 0.5) is 0 Å². The predicted molar refractivity (Wildman–Crippen MR) is 65.1 cm³/mol. The number of para-hydroxylation sites is 1. The minimum Gasteiger partial charge on any atom is -0.294 e. The van der Waals surface area contributed by atoms with E-state index in [2.05, 4.69) is 4.98 Å². The highest BCUT2D eigenvalue weighted by Gasteiger charge is 2.24. The molecule has 0 atom stereocenters. The van der Waals surface area contributed by atoms with Crippen molar-refractivity contribution in [3.63, 3.8) is 0 Å². The summed E-state index contributed by atoms with van der Waals surface area (Å²) in [5, 5.41) is 1.45. The number of pyridine rings is 1. The monoisotopic (exact) mass is 236 g/mol. The van der Waals surface area contributed by atoms with Crippen LogP contribution in [-0.2, 0) is 10.4 Å². The lowest BCUT2D eigenvalue weighted by molar-refractivity contribution is -0.0236. The Bertz CT molecular complexity index is 525. The Morgan fingerprint density at radius 2 is 2.00 bits per heavy atom. The lowest BCUT2D eigenvalue weighted by Crippen LogP contribution is -2.26. The Morgan fingerprint density at radius 1 is 1.31 bits per heavy atom. The molecule has 0 saturated heterocycles. The van der Waals surface area contributed by atoms with E-state index in [9.17, 15) is 0 Å². The van der Waals surface area contributed by atoms with Gasteiger partial charge in [0.2, 0.25) is 0 Å². The van der Waals surface area contributed by atoms with Crippen LogP contribution in [0.1, 0.15) is 19.4 Å². The molecule has 0 bridgehead atoms. The summed E-state index contributed by atoms with van der Waals surface area (Å²) >= 11 is 6.12. The molecule has 1 aromatic carbocycles. The van der Waals surface area contributed by atoms with Gasteiger partial charge in [-0.1, -0.05) is 29.8 Å². The fourth-order valence-electron chi connectivity index (χ4n) is 1.58. The molecule has 0 saturated carbocycles. The molecule has 4 heteroatoms. The van der Waals surface area contributed by atoms with Crippen LogP contribution in [0.25, 0.3) is 10.9 Å². The molecule has 2 aromatic rings. The minimum absolute atomic E-state index is 0.425. The molecule has 0 aliphatic carbocycles. The molecule has 0 aliphatic rings. The highest BCUT2D eigenvalue weighted by Crippen LogP contribution is 2.31. The molecular formula is C12H13ClN2O. The first kappa shape index (κ1) is 11.3. The smallest absolute Gasteiger partial charge is 0.135 e. The van der Waals surface area contributed by atoms with Crippen molar-refractivity contribution in [1.82, 2.24) is 4.98 Å². The summed E-state index contributed by atoms with van der Waals surface area (Å²) in [4.78, 5) is 9.25.